The maximum Gasteiger partial charge on any atom is 0.296 e. The molecule has 0 bridgehead atoms. The first-order chi connectivity index (χ1) is 16.8. The molecule has 0 aromatic heterocycles. The molecule has 0 radical (unpaired) electrons. The summed E-state index contributed by atoms with van der Waals surface area (Å²) >= 11 is 0. The van der Waals surface area contributed by atoms with Gasteiger partial charge in [0.25, 0.3) is 11.8 Å². The Hall–Kier alpha value is -4.30. The molecule has 1 aliphatic heterocycles. The van der Waals surface area contributed by atoms with E-state index in [2.05, 4.69) is 60.7 Å². The summed E-state index contributed by atoms with van der Waals surface area (Å²) in [6.45, 7) is 8.91. The van der Waals surface area contributed by atoms with Gasteiger partial charge in [0.05, 0.1) is 17.0 Å². The van der Waals surface area contributed by atoms with Crippen LogP contribution in [0.4, 0.5) is 11.4 Å². The summed E-state index contributed by atoms with van der Waals surface area (Å²) in [4.78, 5) is 24.9. The lowest BCUT2D eigenvalue weighted by Crippen LogP contribution is -2.20. The normalized spacial score (nSPS) is 13.8. The Labute approximate surface area is 206 Å². The smallest absolute Gasteiger partial charge is 0.296 e. The van der Waals surface area contributed by atoms with Gasteiger partial charge in [-0.1, -0.05) is 75.2 Å². The van der Waals surface area contributed by atoms with Gasteiger partial charge in [-0.3, -0.25) is 9.59 Å². The van der Waals surface area contributed by atoms with Gasteiger partial charge in [0, 0.05) is 29.3 Å². The molecule has 5 nitrogen and oxygen atoms in total. The molecule has 1 aliphatic rings. The first-order valence-electron chi connectivity index (χ1n) is 11.7. The molecule has 0 saturated heterocycles. The highest BCUT2D eigenvalue weighted by molar-refractivity contribution is 6.37. The van der Waals surface area contributed by atoms with Crippen molar-refractivity contribution in [2.24, 2.45) is 0 Å². The van der Waals surface area contributed by atoms with Crippen LogP contribution in [-0.4, -0.2) is 18.4 Å². The lowest BCUT2D eigenvalue weighted by molar-refractivity contribution is -0.115. The van der Waals surface area contributed by atoms with Crippen LogP contribution >= 0.6 is 0 Å². The zero-order valence-corrected chi connectivity index (χ0v) is 20.5. The average molecular weight is 464 g/mol. The lowest BCUT2D eigenvalue weighted by atomic mass is 9.87. The predicted molar refractivity (Wildman–Crippen MR) is 143 cm³/mol. The van der Waals surface area contributed by atoms with Crippen LogP contribution in [-0.2, 0) is 15.0 Å². The van der Waals surface area contributed by atoms with Gasteiger partial charge < -0.3 is 16.0 Å². The lowest BCUT2D eigenvalue weighted by Gasteiger charge is -2.20. The van der Waals surface area contributed by atoms with Crippen molar-refractivity contribution in [2.45, 2.75) is 33.1 Å². The van der Waals surface area contributed by atoms with Crippen molar-refractivity contribution in [1.29, 1.82) is 0 Å². The minimum absolute atomic E-state index is 0.0569. The third-order valence-electron chi connectivity index (χ3n) is 5.75. The number of nitrogens with one attached hydrogen (secondary N) is 3. The number of carbonyl (C=O) groups is 2. The fraction of sp³-hybridized carbons (Fsp3) is 0.200. The van der Waals surface area contributed by atoms with Crippen LogP contribution in [0.1, 0.15) is 49.9 Å². The Morgan fingerprint density at radius 2 is 1.69 bits per heavy atom. The Morgan fingerprint density at radius 3 is 2.34 bits per heavy atom. The number of rotatable bonds is 4. The van der Waals surface area contributed by atoms with Crippen LogP contribution in [0.5, 0.6) is 0 Å². The van der Waals surface area contributed by atoms with E-state index >= 15 is 0 Å². The van der Waals surface area contributed by atoms with Gasteiger partial charge in [-0.05, 0) is 47.7 Å². The van der Waals surface area contributed by atoms with E-state index in [4.69, 9.17) is 0 Å². The number of hydrogen-bond acceptors (Lipinski definition) is 3. The fourth-order valence-corrected chi connectivity index (χ4v) is 3.91. The van der Waals surface area contributed by atoms with E-state index in [1.165, 1.54) is 5.56 Å². The molecule has 0 atom stereocenters. The quantitative estimate of drug-likeness (QED) is 0.358. The number of carbonyl (C=O) groups excluding carboxylic acids is 2. The minimum atomic E-state index is -0.328. The molecular weight excluding hydrogens is 434 g/mol. The van der Waals surface area contributed by atoms with Crippen LogP contribution in [0, 0.1) is 11.8 Å². The molecule has 1 heterocycles. The van der Waals surface area contributed by atoms with Gasteiger partial charge in [0.1, 0.15) is 0 Å². The summed E-state index contributed by atoms with van der Waals surface area (Å²) in [5, 5.41) is 9.11. The minimum Gasteiger partial charge on any atom is -0.354 e. The van der Waals surface area contributed by atoms with E-state index in [0.29, 0.717) is 23.4 Å². The van der Waals surface area contributed by atoms with Crippen LogP contribution in [0.2, 0.25) is 0 Å². The topological polar surface area (TPSA) is 70.2 Å². The Kier molecular flexibility index (Phi) is 6.75. The zero-order valence-electron chi connectivity index (χ0n) is 20.5. The summed E-state index contributed by atoms with van der Waals surface area (Å²) in [6, 6.07) is 23.6. The molecular formula is C30H29N3O2. The second-order valence-electron chi connectivity index (χ2n) is 9.39. The first-order valence-corrected chi connectivity index (χ1v) is 11.7. The summed E-state index contributed by atoms with van der Waals surface area (Å²) in [7, 11) is 0. The SMILES string of the molecule is CCNC(=O)C#Cc1ccc2c(c1)NC(=O)/C2=C(\Nc1ccc(C(C)(C)C)cc1)c1ccccc1. The van der Waals surface area contributed by atoms with E-state index in [0.717, 1.165) is 22.5 Å². The molecule has 0 spiro atoms. The first kappa shape index (κ1) is 23.8. The number of benzene rings is 3. The maximum atomic E-state index is 13.2. The van der Waals surface area contributed by atoms with E-state index in [1.807, 2.05) is 61.5 Å². The average Bonchev–Trinajstić information content (AvgIpc) is 3.16. The molecule has 3 aromatic carbocycles. The highest BCUT2D eigenvalue weighted by Crippen LogP contribution is 2.38. The van der Waals surface area contributed by atoms with Gasteiger partial charge in [-0.2, -0.15) is 0 Å². The molecule has 35 heavy (non-hydrogen) atoms. The number of anilines is 2. The van der Waals surface area contributed by atoms with Gasteiger partial charge in [0.2, 0.25) is 0 Å². The standard InChI is InChI=1S/C30H29N3O2/c1-5-31-26(34)18-12-20-11-17-24-25(19-20)33-29(35)27(24)28(21-9-7-6-8-10-21)32-23-15-13-22(14-16-23)30(2,3)4/h6-11,13-17,19,32H,5H2,1-4H3,(H,31,34)(H,33,35)/b28-27-. The molecule has 5 heteroatoms. The largest absolute Gasteiger partial charge is 0.354 e. The van der Waals surface area contributed by atoms with Crippen molar-refractivity contribution in [3.05, 3.63) is 95.1 Å². The summed E-state index contributed by atoms with van der Waals surface area (Å²) < 4.78 is 0. The summed E-state index contributed by atoms with van der Waals surface area (Å²) in [5.41, 5.74) is 6.51. The third-order valence-corrected chi connectivity index (χ3v) is 5.75. The van der Waals surface area contributed by atoms with E-state index in [9.17, 15) is 9.59 Å². The van der Waals surface area contributed by atoms with Crippen molar-refractivity contribution < 1.29 is 9.59 Å². The highest BCUT2D eigenvalue weighted by atomic mass is 16.2. The number of hydrogen-bond donors (Lipinski definition) is 3. The van der Waals surface area contributed by atoms with Crippen molar-refractivity contribution in [3.63, 3.8) is 0 Å². The molecule has 0 saturated carbocycles. The molecule has 3 aromatic rings. The van der Waals surface area contributed by atoms with E-state index in [-0.39, 0.29) is 17.2 Å². The number of amides is 2. The molecule has 2 amide bonds. The van der Waals surface area contributed by atoms with Crippen molar-refractivity contribution >= 4 is 34.5 Å². The maximum absolute atomic E-state index is 13.2. The second-order valence-corrected chi connectivity index (χ2v) is 9.39. The fourth-order valence-electron chi connectivity index (χ4n) is 3.91. The van der Waals surface area contributed by atoms with E-state index < -0.39 is 0 Å². The summed E-state index contributed by atoms with van der Waals surface area (Å²) in [5.74, 6) is 4.92. The number of fused-ring (bicyclic) bond motifs is 1. The van der Waals surface area contributed by atoms with Crippen LogP contribution in [0.25, 0.3) is 11.3 Å². The van der Waals surface area contributed by atoms with Crippen LogP contribution < -0.4 is 16.0 Å². The summed E-state index contributed by atoms with van der Waals surface area (Å²) in [6.07, 6.45) is 0. The Morgan fingerprint density at radius 1 is 0.971 bits per heavy atom. The van der Waals surface area contributed by atoms with Gasteiger partial charge in [-0.25, -0.2) is 0 Å². The molecule has 0 unspecified atom stereocenters. The second kappa shape index (κ2) is 9.90. The van der Waals surface area contributed by atoms with Gasteiger partial charge in [0.15, 0.2) is 0 Å². The van der Waals surface area contributed by atoms with Gasteiger partial charge >= 0.3 is 0 Å². The molecule has 0 aliphatic carbocycles. The molecule has 3 N–H and O–H groups in total. The zero-order chi connectivity index (χ0) is 25.0. The van der Waals surface area contributed by atoms with E-state index in [1.54, 1.807) is 6.07 Å². The Bertz CT molecular complexity index is 1350. The highest BCUT2D eigenvalue weighted by Gasteiger charge is 2.28. The van der Waals surface area contributed by atoms with Gasteiger partial charge in [-0.15, -0.1) is 0 Å². The Balaban J connectivity index is 1.75. The van der Waals surface area contributed by atoms with Crippen molar-refractivity contribution in [3.8, 4) is 11.8 Å². The third kappa shape index (κ3) is 5.44. The van der Waals surface area contributed by atoms with Crippen molar-refractivity contribution in [2.75, 3.05) is 17.2 Å². The molecule has 176 valence electrons. The van der Waals surface area contributed by atoms with Crippen molar-refractivity contribution in [1.82, 2.24) is 5.32 Å². The molecule has 4 rings (SSSR count). The van der Waals surface area contributed by atoms with Crippen LogP contribution in [0.15, 0.2) is 72.8 Å². The molecule has 0 fully saturated rings. The monoisotopic (exact) mass is 463 g/mol. The van der Waals surface area contributed by atoms with Crippen LogP contribution in [0.3, 0.4) is 0 Å². The predicted octanol–water partition coefficient (Wildman–Crippen LogP) is 5.40.